The zero-order valence-electron chi connectivity index (χ0n) is 9.44. The predicted molar refractivity (Wildman–Crippen MR) is 65.1 cm³/mol. The highest BCUT2D eigenvalue weighted by Gasteiger charge is 2.20. The summed E-state index contributed by atoms with van der Waals surface area (Å²) in [5, 5.41) is 11.6. The van der Waals surface area contributed by atoms with Gasteiger partial charge in [-0.25, -0.2) is 4.79 Å². The van der Waals surface area contributed by atoms with Crippen molar-refractivity contribution in [3.63, 3.8) is 0 Å². The number of nitrogens with one attached hydrogen (secondary N) is 1. The lowest BCUT2D eigenvalue weighted by atomic mass is 9.83. The van der Waals surface area contributed by atoms with Gasteiger partial charge < -0.3 is 10.4 Å². The van der Waals surface area contributed by atoms with E-state index in [0.717, 1.165) is 17.7 Å². The lowest BCUT2D eigenvalue weighted by Gasteiger charge is -2.24. The summed E-state index contributed by atoms with van der Waals surface area (Å²) in [6.45, 7) is 0.434. The Kier molecular flexibility index (Phi) is 3.78. The van der Waals surface area contributed by atoms with Crippen molar-refractivity contribution in [1.82, 2.24) is 5.32 Å². The van der Waals surface area contributed by atoms with Crippen LogP contribution < -0.4 is 5.32 Å². The molecule has 0 aliphatic heterocycles. The van der Waals surface area contributed by atoms with Gasteiger partial charge in [-0.2, -0.15) is 0 Å². The van der Waals surface area contributed by atoms with Gasteiger partial charge in [-0.05, 0) is 30.9 Å². The largest absolute Gasteiger partial charge is 0.477 e. The molecule has 92 valence electrons. The van der Waals surface area contributed by atoms with Gasteiger partial charge in [-0.3, -0.25) is 4.79 Å². The third-order valence-electron chi connectivity index (χ3n) is 3.03. The van der Waals surface area contributed by atoms with Crippen LogP contribution in [0.15, 0.2) is 12.1 Å². The van der Waals surface area contributed by atoms with E-state index in [4.69, 9.17) is 5.11 Å². The van der Waals surface area contributed by atoms with E-state index in [1.54, 1.807) is 12.1 Å². The summed E-state index contributed by atoms with van der Waals surface area (Å²) in [7, 11) is 0. The topological polar surface area (TPSA) is 66.4 Å². The zero-order chi connectivity index (χ0) is 12.3. The van der Waals surface area contributed by atoms with Crippen LogP contribution in [-0.4, -0.2) is 17.0 Å². The third-order valence-corrected chi connectivity index (χ3v) is 4.10. The maximum atomic E-state index is 11.5. The molecule has 1 fully saturated rings. The monoisotopic (exact) mass is 253 g/mol. The number of rotatable bonds is 5. The summed E-state index contributed by atoms with van der Waals surface area (Å²) in [6, 6.07) is 3.32. The van der Waals surface area contributed by atoms with Gasteiger partial charge in [-0.1, -0.05) is 6.42 Å². The van der Waals surface area contributed by atoms with Crippen LogP contribution in [0.25, 0.3) is 0 Å². The minimum Gasteiger partial charge on any atom is -0.477 e. The van der Waals surface area contributed by atoms with Gasteiger partial charge in [0.15, 0.2) is 0 Å². The highest BCUT2D eigenvalue weighted by atomic mass is 32.1. The molecule has 0 spiro atoms. The molecule has 1 aliphatic rings. The Morgan fingerprint density at radius 3 is 2.71 bits per heavy atom. The van der Waals surface area contributed by atoms with E-state index in [-0.39, 0.29) is 5.91 Å². The van der Waals surface area contributed by atoms with E-state index < -0.39 is 5.97 Å². The number of thiophene rings is 1. The summed E-state index contributed by atoms with van der Waals surface area (Å²) >= 11 is 1.21. The molecular formula is C12H15NO3S. The maximum Gasteiger partial charge on any atom is 0.345 e. The van der Waals surface area contributed by atoms with Crippen LogP contribution >= 0.6 is 11.3 Å². The molecule has 4 nitrogen and oxygen atoms in total. The van der Waals surface area contributed by atoms with Crippen molar-refractivity contribution in [3.05, 3.63) is 21.9 Å². The molecule has 17 heavy (non-hydrogen) atoms. The zero-order valence-corrected chi connectivity index (χ0v) is 10.3. The first-order valence-electron chi connectivity index (χ1n) is 5.74. The SMILES string of the molecule is O=C(CC1CCC1)NCc1ccc(C(=O)O)s1. The summed E-state index contributed by atoms with van der Waals surface area (Å²) < 4.78 is 0. The van der Waals surface area contributed by atoms with Crippen LogP contribution in [0, 0.1) is 5.92 Å². The van der Waals surface area contributed by atoms with Gasteiger partial charge in [0, 0.05) is 11.3 Å². The van der Waals surface area contributed by atoms with Crippen molar-refractivity contribution in [2.75, 3.05) is 0 Å². The van der Waals surface area contributed by atoms with Crippen molar-refractivity contribution < 1.29 is 14.7 Å². The molecule has 1 saturated carbocycles. The maximum absolute atomic E-state index is 11.5. The van der Waals surface area contributed by atoms with Gasteiger partial charge >= 0.3 is 5.97 Å². The van der Waals surface area contributed by atoms with E-state index in [9.17, 15) is 9.59 Å². The number of carboxylic acid groups (broad SMARTS) is 1. The molecule has 0 unspecified atom stereocenters. The molecule has 0 saturated heterocycles. The van der Waals surface area contributed by atoms with Crippen molar-refractivity contribution in [3.8, 4) is 0 Å². The second-order valence-corrected chi connectivity index (χ2v) is 5.52. The summed E-state index contributed by atoms with van der Waals surface area (Å²) in [5.74, 6) is -0.282. The first-order valence-corrected chi connectivity index (χ1v) is 6.55. The molecule has 0 radical (unpaired) electrons. The van der Waals surface area contributed by atoms with Crippen LogP contribution in [-0.2, 0) is 11.3 Å². The normalized spacial score (nSPS) is 15.3. The average Bonchev–Trinajstić information content (AvgIpc) is 2.69. The molecule has 2 rings (SSSR count). The minimum absolute atomic E-state index is 0.0694. The first-order chi connectivity index (χ1) is 8.15. The van der Waals surface area contributed by atoms with Gasteiger partial charge in [0.2, 0.25) is 5.91 Å². The molecule has 1 aliphatic carbocycles. The highest BCUT2D eigenvalue weighted by molar-refractivity contribution is 7.13. The molecule has 2 N–H and O–H groups in total. The van der Waals surface area contributed by atoms with Gasteiger partial charge in [-0.15, -0.1) is 11.3 Å². The molecule has 1 heterocycles. The van der Waals surface area contributed by atoms with Crippen molar-refractivity contribution in [2.45, 2.75) is 32.2 Å². The fraction of sp³-hybridized carbons (Fsp3) is 0.500. The lowest BCUT2D eigenvalue weighted by Crippen LogP contribution is -2.27. The Morgan fingerprint density at radius 2 is 2.18 bits per heavy atom. The predicted octanol–water partition coefficient (Wildman–Crippen LogP) is 2.25. The standard InChI is InChI=1S/C12H15NO3S/c14-11(6-8-2-1-3-8)13-7-9-4-5-10(17-9)12(15)16/h4-5,8H,1-3,6-7H2,(H,13,14)(H,15,16). The number of hydrogen-bond acceptors (Lipinski definition) is 3. The Labute approximate surface area is 104 Å². The number of carboxylic acids is 1. The van der Waals surface area contributed by atoms with Gasteiger partial charge in [0.25, 0.3) is 0 Å². The van der Waals surface area contributed by atoms with E-state index in [1.165, 1.54) is 17.8 Å². The lowest BCUT2D eigenvalue weighted by molar-refractivity contribution is -0.122. The number of amides is 1. The fourth-order valence-electron chi connectivity index (χ4n) is 1.80. The van der Waals surface area contributed by atoms with Crippen LogP contribution in [0.5, 0.6) is 0 Å². The molecule has 1 aromatic heterocycles. The highest BCUT2D eigenvalue weighted by Crippen LogP contribution is 2.29. The number of hydrogen-bond donors (Lipinski definition) is 2. The van der Waals surface area contributed by atoms with Gasteiger partial charge in [0.05, 0.1) is 6.54 Å². The van der Waals surface area contributed by atoms with Crippen molar-refractivity contribution in [2.24, 2.45) is 5.92 Å². The third kappa shape index (κ3) is 3.30. The minimum atomic E-state index is -0.915. The van der Waals surface area contributed by atoms with Crippen LogP contribution in [0.2, 0.25) is 0 Å². The van der Waals surface area contributed by atoms with Crippen LogP contribution in [0.3, 0.4) is 0 Å². The molecule has 0 bridgehead atoms. The number of aromatic carboxylic acids is 1. The van der Waals surface area contributed by atoms with Crippen molar-refractivity contribution >= 4 is 23.2 Å². The van der Waals surface area contributed by atoms with E-state index in [1.807, 2.05) is 0 Å². The Bertz CT molecular complexity index is 423. The first kappa shape index (κ1) is 12.1. The van der Waals surface area contributed by atoms with Crippen LogP contribution in [0.1, 0.15) is 40.2 Å². The van der Waals surface area contributed by atoms with E-state index in [2.05, 4.69) is 5.32 Å². The quantitative estimate of drug-likeness (QED) is 0.845. The fourth-order valence-corrected chi connectivity index (χ4v) is 2.59. The van der Waals surface area contributed by atoms with Crippen molar-refractivity contribution in [1.29, 1.82) is 0 Å². The number of carbonyl (C=O) groups is 2. The number of carbonyl (C=O) groups excluding carboxylic acids is 1. The van der Waals surface area contributed by atoms with Gasteiger partial charge in [0.1, 0.15) is 4.88 Å². The molecule has 1 aromatic rings. The Hall–Kier alpha value is -1.36. The summed E-state index contributed by atoms with van der Waals surface area (Å²) in [4.78, 5) is 23.4. The molecule has 1 amide bonds. The average molecular weight is 253 g/mol. The smallest absolute Gasteiger partial charge is 0.345 e. The Balaban J connectivity index is 1.76. The van der Waals surface area contributed by atoms with Crippen LogP contribution in [0.4, 0.5) is 0 Å². The second kappa shape index (κ2) is 5.31. The molecular weight excluding hydrogens is 238 g/mol. The summed E-state index contributed by atoms with van der Waals surface area (Å²) in [6.07, 6.45) is 4.17. The summed E-state index contributed by atoms with van der Waals surface area (Å²) in [5.41, 5.74) is 0. The molecule has 5 heteroatoms. The Morgan fingerprint density at radius 1 is 1.41 bits per heavy atom. The molecule has 0 atom stereocenters. The molecule has 0 aromatic carbocycles. The van der Waals surface area contributed by atoms with E-state index in [0.29, 0.717) is 23.8 Å². The van der Waals surface area contributed by atoms with E-state index >= 15 is 0 Å². The second-order valence-electron chi connectivity index (χ2n) is 4.35.